The van der Waals surface area contributed by atoms with Crippen molar-refractivity contribution < 1.29 is 8.42 Å². The average Bonchev–Trinajstić information content (AvgIpc) is 2.48. The van der Waals surface area contributed by atoms with Gasteiger partial charge in [-0.2, -0.15) is 0 Å². The summed E-state index contributed by atoms with van der Waals surface area (Å²) >= 11 is 0. The second-order valence-corrected chi connectivity index (χ2v) is 8.89. The first-order chi connectivity index (χ1) is 11.5. The molecule has 6 nitrogen and oxygen atoms in total. The molecule has 0 saturated heterocycles. The van der Waals surface area contributed by atoms with Gasteiger partial charge in [0.05, 0.1) is 12.8 Å². The number of hydrogen-bond acceptors (Lipinski definition) is 3. The van der Waals surface area contributed by atoms with Crippen LogP contribution in [0.5, 0.6) is 0 Å². The molecule has 3 N–H and O–H groups in total. The molecule has 0 radical (unpaired) electrons. The Kier molecular flexibility index (Phi) is 10.7. The molecule has 0 amide bonds. The molecule has 1 rings (SSSR count). The van der Waals surface area contributed by atoms with Crippen LogP contribution in [0, 0.1) is 6.92 Å². The number of nitrogens with one attached hydrogen (secondary N) is 3. The minimum absolute atomic E-state index is 0. The van der Waals surface area contributed by atoms with E-state index in [0.717, 1.165) is 19.3 Å². The lowest BCUT2D eigenvalue weighted by Gasteiger charge is -2.24. The minimum atomic E-state index is -3.27. The summed E-state index contributed by atoms with van der Waals surface area (Å²) in [6, 6.07) is 8.52. The maximum Gasteiger partial charge on any atom is 0.209 e. The zero-order chi connectivity index (χ0) is 19.1. The van der Waals surface area contributed by atoms with Crippen molar-refractivity contribution in [2.24, 2.45) is 4.99 Å². The highest BCUT2D eigenvalue weighted by Crippen LogP contribution is 2.14. The summed E-state index contributed by atoms with van der Waals surface area (Å²) in [6.07, 6.45) is 1.16. The van der Waals surface area contributed by atoms with Gasteiger partial charge in [-0.25, -0.2) is 13.1 Å². The fourth-order valence-corrected chi connectivity index (χ4v) is 3.48. The van der Waals surface area contributed by atoms with Gasteiger partial charge in [-0.1, -0.05) is 36.8 Å². The number of benzene rings is 1. The van der Waals surface area contributed by atoms with Crippen molar-refractivity contribution in [2.75, 3.05) is 25.9 Å². The van der Waals surface area contributed by atoms with Crippen LogP contribution in [0.15, 0.2) is 29.3 Å². The molecule has 0 aliphatic heterocycles. The van der Waals surface area contributed by atoms with E-state index in [2.05, 4.69) is 58.5 Å². The third-order valence-corrected chi connectivity index (χ3v) is 4.58. The monoisotopic (exact) mass is 496 g/mol. The summed E-state index contributed by atoms with van der Waals surface area (Å²) in [5, 5.41) is 6.53. The Hall–Kier alpha value is -0.870. The van der Waals surface area contributed by atoms with Crippen molar-refractivity contribution >= 4 is 40.0 Å². The van der Waals surface area contributed by atoms with Crippen LogP contribution < -0.4 is 15.4 Å². The predicted molar refractivity (Wildman–Crippen MR) is 121 cm³/mol. The number of sulfonamides is 1. The van der Waals surface area contributed by atoms with E-state index in [9.17, 15) is 8.42 Å². The van der Waals surface area contributed by atoms with Gasteiger partial charge >= 0.3 is 0 Å². The lowest BCUT2D eigenvalue weighted by atomic mass is 10.0. The first-order valence-corrected chi connectivity index (χ1v) is 10.5. The van der Waals surface area contributed by atoms with Crippen LogP contribution in [0.25, 0.3) is 0 Å². The van der Waals surface area contributed by atoms with E-state index in [1.165, 1.54) is 11.1 Å². The number of guanidine groups is 1. The Labute approximate surface area is 175 Å². The van der Waals surface area contributed by atoms with Crippen LogP contribution in [0.4, 0.5) is 0 Å². The second-order valence-electron chi connectivity index (χ2n) is 7.15. The largest absolute Gasteiger partial charge is 0.357 e. The summed E-state index contributed by atoms with van der Waals surface area (Å²) in [5.74, 6) is 1.02. The summed E-state index contributed by atoms with van der Waals surface area (Å²) in [6.45, 7) is 11.7. The molecule has 0 fully saturated rings. The molecule has 8 heteroatoms. The Balaban J connectivity index is 0.00000625. The quantitative estimate of drug-likeness (QED) is 0.294. The topological polar surface area (TPSA) is 82.6 Å². The maximum atomic E-state index is 11.4. The molecule has 0 aromatic heterocycles. The Morgan fingerprint density at radius 2 is 1.77 bits per heavy atom. The molecule has 0 heterocycles. The molecule has 1 aromatic rings. The molecule has 150 valence electrons. The summed E-state index contributed by atoms with van der Waals surface area (Å²) in [4.78, 5) is 4.52. The zero-order valence-electron chi connectivity index (χ0n) is 16.6. The van der Waals surface area contributed by atoms with Crippen LogP contribution in [-0.2, 0) is 10.0 Å². The van der Waals surface area contributed by atoms with Gasteiger partial charge in [-0.15, -0.1) is 24.0 Å². The van der Waals surface area contributed by atoms with E-state index in [4.69, 9.17) is 0 Å². The van der Waals surface area contributed by atoms with Crippen molar-refractivity contribution in [3.63, 3.8) is 0 Å². The summed E-state index contributed by atoms with van der Waals surface area (Å²) in [7, 11) is -3.27. The lowest BCUT2D eigenvalue weighted by Crippen LogP contribution is -2.47. The highest BCUT2D eigenvalue weighted by atomic mass is 127. The SMILES string of the molecule is CCNC(=NCC(C)(C)NS(C)(=O)=O)NCC(C)c1ccc(C)cc1.I. The fourth-order valence-electron chi connectivity index (χ4n) is 2.42. The third kappa shape index (κ3) is 10.3. The van der Waals surface area contributed by atoms with Gasteiger partial charge in [0.25, 0.3) is 0 Å². The van der Waals surface area contributed by atoms with Gasteiger partial charge in [0.15, 0.2) is 5.96 Å². The minimum Gasteiger partial charge on any atom is -0.357 e. The normalized spacial score (nSPS) is 13.7. The molecular formula is C18H33IN4O2S. The van der Waals surface area contributed by atoms with E-state index in [0.29, 0.717) is 18.4 Å². The van der Waals surface area contributed by atoms with Crippen LogP contribution in [-0.4, -0.2) is 45.8 Å². The highest BCUT2D eigenvalue weighted by molar-refractivity contribution is 14.0. The number of aliphatic imine (C=N–C) groups is 1. The zero-order valence-corrected chi connectivity index (χ0v) is 19.7. The Morgan fingerprint density at radius 1 is 1.19 bits per heavy atom. The number of rotatable bonds is 8. The molecule has 0 aliphatic carbocycles. The lowest BCUT2D eigenvalue weighted by molar-refractivity contribution is 0.464. The van der Waals surface area contributed by atoms with Crippen LogP contribution >= 0.6 is 24.0 Å². The molecule has 0 aliphatic rings. The van der Waals surface area contributed by atoms with Crippen molar-refractivity contribution in [3.8, 4) is 0 Å². The van der Waals surface area contributed by atoms with E-state index in [-0.39, 0.29) is 24.0 Å². The second kappa shape index (κ2) is 11.1. The summed E-state index contributed by atoms with van der Waals surface area (Å²) in [5.41, 5.74) is 1.88. The van der Waals surface area contributed by atoms with Crippen LogP contribution in [0.3, 0.4) is 0 Å². The first kappa shape index (κ1) is 25.1. The van der Waals surface area contributed by atoms with Crippen molar-refractivity contribution in [1.29, 1.82) is 0 Å². The number of hydrogen-bond donors (Lipinski definition) is 3. The van der Waals surface area contributed by atoms with E-state index in [1.807, 2.05) is 20.8 Å². The van der Waals surface area contributed by atoms with E-state index >= 15 is 0 Å². The third-order valence-electron chi connectivity index (χ3n) is 3.66. The standard InChI is InChI=1S/C18H32N4O2S.HI/c1-7-19-17(21-13-18(4,5)22-25(6,23)24)20-12-15(3)16-10-8-14(2)9-11-16;/h8-11,15,22H,7,12-13H2,1-6H3,(H2,19,20,21);1H. The van der Waals surface area contributed by atoms with Crippen molar-refractivity contribution in [3.05, 3.63) is 35.4 Å². The Morgan fingerprint density at radius 3 is 2.27 bits per heavy atom. The van der Waals surface area contributed by atoms with Gasteiger partial charge in [0, 0.05) is 18.6 Å². The Bertz CT molecular complexity index is 673. The molecule has 0 bridgehead atoms. The molecule has 0 spiro atoms. The molecule has 1 aromatic carbocycles. The first-order valence-electron chi connectivity index (χ1n) is 8.60. The number of aryl methyl sites for hydroxylation is 1. The van der Waals surface area contributed by atoms with Gasteiger partial charge in [-0.3, -0.25) is 4.99 Å². The van der Waals surface area contributed by atoms with Crippen molar-refractivity contribution in [1.82, 2.24) is 15.4 Å². The van der Waals surface area contributed by atoms with Gasteiger partial charge in [0.2, 0.25) is 10.0 Å². The smallest absolute Gasteiger partial charge is 0.209 e. The number of nitrogens with zero attached hydrogens (tertiary/aromatic N) is 1. The molecule has 1 atom stereocenters. The van der Waals surface area contributed by atoms with E-state index in [1.54, 1.807) is 0 Å². The highest BCUT2D eigenvalue weighted by Gasteiger charge is 2.22. The maximum absolute atomic E-state index is 11.4. The van der Waals surface area contributed by atoms with Crippen LogP contribution in [0.1, 0.15) is 44.7 Å². The van der Waals surface area contributed by atoms with Gasteiger partial charge in [-0.05, 0) is 39.2 Å². The fraction of sp³-hybridized carbons (Fsp3) is 0.611. The molecule has 0 saturated carbocycles. The van der Waals surface area contributed by atoms with Crippen molar-refractivity contribution in [2.45, 2.75) is 46.1 Å². The van der Waals surface area contributed by atoms with Gasteiger partial charge in [0.1, 0.15) is 0 Å². The summed E-state index contributed by atoms with van der Waals surface area (Å²) < 4.78 is 25.4. The molecule has 26 heavy (non-hydrogen) atoms. The molecule has 1 unspecified atom stereocenters. The van der Waals surface area contributed by atoms with E-state index < -0.39 is 15.6 Å². The average molecular weight is 496 g/mol. The number of halogens is 1. The predicted octanol–water partition coefficient (Wildman–Crippen LogP) is 2.60. The molecular weight excluding hydrogens is 463 g/mol. The van der Waals surface area contributed by atoms with Crippen LogP contribution in [0.2, 0.25) is 0 Å². The van der Waals surface area contributed by atoms with Gasteiger partial charge < -0.3 is 10.6 Å².